The average Bonchev–Trinajstić information content (AvgIpc) is 3.20. The molecule has 0 aromatic heterocycles. The second-order valence-electron chi connectivity index (χ2n) is 8.60. The van der Waals surface area contributed by atoms with E-state index in [-0.39, 0.29) is 0 Å². The Morgan fingerprint density at radius 1 is 0.783 bits per heavy atom. The summed E-state index contributed by atoms with van der Waals surface area (Å²) in [7, 11) is 0. The minimum atomic E-state index is -3.06. The van der Waals surface area contributed by atoms with Gasteiger partial charge in [-0.05, 0) is 0 Å². The van der Waals surface area contributed by atoms with Crippen LogP contribution in [0.2, 0.25) is 9.26 Å². The van der Waals surface area contributed by atoms with Crippen molar-refractivity contribution in [2.45, 2.75) is 49.1 Å². The third kappa shape index (κ3) is 2.23. The van der Waals surface area contributed by atoms with Gasteiger partial charge >= 0.3 is 142 Å². The Morgan fingerprint density at radius 2 is 1.22 bits per heavy atom. The number of rotatable bonds is 2. The van der Waals surface area contributed by atoms with E-state index in [1.807, 2.05) is 0 Å². The molecular formula is C22H28Zr. The fourth-order valence-corrected chi connectivity index (χ4v) is 20.2. The van der Waals surface area contributed by atoms with Gasteiger partial charge < -0.3 is 0 Å². The van der Waals surface area contributed by atoms with E-state index in [9.17, 15) is 0 Å². The molecule has 0 saturated heterocycles. The summed E-state index contributed by atoms with van der Waals surface area (Å²) in [5.74, 6) is 0. The number of hydrogen-bond acceptors (Lipinski definition) is 0. The van der Waals surface area contributed by atoms with Gasteiger partial charge in [-0.1, -0.05) is 0 Å². The Kier molecular flexibility index (Phi) is 3.65. The predicted octanol–water partition coefficient (Wildman–Crippen LogP) is 5.97. The number of hydrogen-bond donors (Lipinski definition) is 0. The molecule has 2 aliphatic rings. The first-order valence-corrected chi connectivity index (χ1v) is 18.4. The summed E-state index contributed by atoms with van der Waals surface area (Å²) in [6.07, 6.45) is 5.32. The van der Waals surface area contributed by atoms with Gasteiger partial charge in [0.05, 0.1) is 0 Å². The first-order chi connectivity index (χ1) is 11.0. The van der Waals surface area contributed by atoms with Crippen LogP contribution in [-0.2, 0) is 31.1 Å². The SMILES string of the molecule is C[CH]=[Zr]([CH3])([CH3])([CH]1CCc2ccccc21)[CH]1CCc2ccccc21. The molecule has 0 N–H and O–H groups in total. The van der Waals surface area contributed by atoms with Crippen LogP contribution in [0.25, 0.3) is 0 Å². The standard InChI is InChI=1S/2C9H9.C2H4.2CH3.Zr/c2*1-2-5-9-7-3-6-8(9)4-1;1-2;;;/h2*1-2,4-6H,3,7H2;1H,2H3;2*1H3;. The maximum atomic E-state index is 2.74. The van der Waals surface area contributed by atoms with Crippen LogP contribution < -0.4 is 0 Å². The van der Waals surface area contributed by atoms with Gasteiger partial charge in [0.25, 0.3) is 0 Å². The zero-order valence-electron chi connectivity index (χ0n) is 14.7. The molecule has 0 radical (unpaired) electrons. The van der Waals surface area contributed by atoms with Crippen molar-refractivity contribution in [1.29, 1.82) is 0 Å². The van der Waals surface area contributed by atoms with Crippen molar-refractivity contribution in [3.05, 3.63) is 70.8 Å². The second-order valence-corrected chi connectivity index (χ2v) is 26.9. The van der Waals surface area contributed by atoms with Crippen molar-refractivity contribution >= 4 is 3.71 Å². The number of aryl methyl sites for hydroxylation is 2. The maximum absolute atomic E-state index is 3.06. The molecule has 2 unspecified atom stereocenters. The van der Waals surface area contributed by atoms with Crippen LogP contribution in [0.4, 0.5) is 0 Å². The quantitative estimate of drug-likeness (QED) is 0.599. The van der Waals surface area contributed by atoms with E-state index >= 15 is 0 Å². The Balaban J connectivity index is 1.88. The first kappa shape index (κ1) is 15.7. The number of benzene rings is 2. The summed E-state index contributed by atoms with van der Waals surface area (Å²) in [5, 5.41) is 0. The summed E-state index contributed by atoms with van der Waals surface area (Å²) in [6, 6.07) is 18.5. The van der Waals surface area contributed by atoms with Crippen molar-refractivity contribution in [2.75, 3.05) is 0 Å². The molecule has 0 amide bonds. The Hall–Kier alpha value is -0.807. The summed E-state index contributed by atoms with van der Waals surface area (Å²) >= 11 is -3.06. The monoisotopic (exact) mass is 382 g/mol. The normalized spacial score (nSPS) is 23.5. The molecule has 1 heteroatoms. The van der Waals surface area contributed by atoms with Gasteiger partial charge in [-0.25, -0.2) is 0 Å². The second kappa shape index (κ2) is 5.35. The van der Waals surface area contributed by atoms with Gasteiger partial charge in [-0.3, -0.25) is 0 Å². The van der Waals surface area contributed by atoms with Crippen molar-refractivity contribution < 1.29 is 18.3 Å². The Morgan fingerprint density at radius 3 is 1.65 bits per heavy atom. The van der Waals surface area contributed by atoms with Gasteiger partial charge in [-0.2, -0.15) is 0 Å². The first-order valence-electron chi connectivity index (χ1n) is 9.20. The van der Waals surface area contributed by atoms with Gasteiger partial charge in [0.1, 0.15) is 0 Å². The Labute approximate surface area is 141 Å². The van der Waals surface area contributed by atoms with E-state index in [4.69, 9.17) is 0 Å². The van der Waals surface area contributed by atoms with E-state index in [2.05, 4.69) is 68.4 Å². The molecule has 120 valence electrons. The molecular weight excluding hydrogens is 355 g/mol. The molecule has 0 spiro atoms. The topological polar surface area (TPSA) is 0 Å². The van der Waals surface area contributed by atoms with E-state index in [0.717, 1.165) is 7.25 Å². The van der Waals surface area contributed by atoms with Gasteiger partial charge in [-0.15, -0.1) is 0 Å². The molecule has 2 aliphatic carbocycles. The molecule has 0 saturated carbocycles. The average molecular weight is 384 g/mol. The van der Waals surface area contributed by atoms with Gasteiger partial charge in [0, 0.05) is 0 Å². The van der Waals surface area contributed by atoms with Crippen molar-refractivity contribution in [3.8, 4) is 0 Å². The molecule has 0 fully saturated rings. The molecule has 0 bridgehead atoms. The van der Waals surface area contributed by atoms with Gasteiger partial charge in [0.2, 0.25) is 0 Å². The van der Waals surface area contributed by atoms with E-state index in [0.29, 0.717) is 0 Å². The van der Waals surface area contributed by atoms with Crippen molar-refractivity contribution in [2.24, 2.45) is 0 Å². The van der Waals surface area contributed by atoms with Crippen molar-refractivity contribution in [1.82, 2.24) is 0 Å². The van der Waals surface area contributed by atoms with Crippen LogP contribution >= 0.6 is 0 Å². The third-order valence-corrected chi connectivity index (χ3v) is 25.6. The molecule has 4 rings (SSSR count). The fraction of sp³-hybridized carbons (Fsp3) is 0.409. The van der Waals surface area contributed by atoms with Crippen LogP contribution in [-0.4, -0.2) is 3.71 Å². The van der Waals surface area contributed by atoms with Gasteiger partial charge in [0.15, 0.2) is 0 Å². The molecule has 2 aromatic rings. The van der Waals surface area contributed by atoms with Crippen molar-refractivity contribution in [3.63, 3.8) is 0 Å². The fourth-order valence-electron chi connectivity index (χ4n) is 5.65. The summed E-state index contributed by atoms with van der Waals surface area (Å²) in [6.45, 7) is 2.38. The zero-order valence-corrected chi connectivity index (χ0v) is 17.1. The Bertz CT molecular complexity index is 760. The van der Waals surface area contributed by atoms with Crippen LogP contribution in [0.5, 0.6) is 0 Å². The third-order valence-electron chi connectivity index (χ3n) is 7.37. The zero-order chi connectivity index (χ0) is 16.1. The molecule has 0 nitrogen and oxygen atoms in total. The van der Waals surface area contributed by atoms with Crippen LogP contribution in [0.1, 0.15) is 49.3 Å². The van der Waals surface area contributed by atoms with Crippen LogP contribution in [0, 0.1) is 0 Å². The molecule has 2 aromatic carbocycles. The molecule has 0 aliphatic heterocycles. The predicted molar refractivity (Wildman–Crippen MR) is 98.5 cm³/mol. The molecule has 23 heavy (non-hydrogen) atoms. The van der Waals surface area contributed by atoms with Crippen LogP contribution in [0.3, 0.4) is 0 Å². The molecule has 2 atom stereocenters. The summed E-state index contributed by atoms with van der Waals surface area (Å²) in [4.78, 5) is 0. The van der Waals surface area contributed by atoms with E-state index in [1.54, 1.807) is 22.3 Å². The summed E-state index contributed by atoms with van der Waals surface area (Å²) in [5.41, 5.74) is 6.61. The van der Waals surface area contributed by atoms with Crippen LogP contribution in [0.15, 0.2) is 48.5 Å². The minimum absolute atomic E-state index is 0.828. The number of fused-ring (bicyclic) bond motifs is 2. The van der Waals surface area contributed by atoms with E-state index < -0.39 is 18.3 Å². The van der Waals surface area contributed by atoms with E-state index in [1.165, 1.54) is 25.7 Å². The summed E-state index contributed by atoms with van der Waals surface area (Å²) < 4.78 is 9.87. The molecule has 0 heterocycles.